The molecule has 0 bridgehead atoms. The Kier molecular flexibility index (Phi) is 6.52. The second-order valence-corrected chi connectivity index (χ2v) is 4.21. The maximum atomic E-state index is 10.9. The normalized spacial score (nSPS) is 11.0. The van der Waals surface area contributed by atoms with Gasteiger partial charge in [0.05, 0.1) is 18.6 Å². The molecule has 0 radical (unpaired) electrons. The minimum atomic E-state index is -0.668. The lowest BCUT2D eigenvalue weighted by molar-refractivity contribution is -0.410. The van der Waals surface area contributed by atoms with Crippen molar-refractivity contribution in [2.24, 2.45) is 0 Å². The zero-order valence-corrected chi connectivity index (χ0v) is 11.6. The molecule has 0 aliphatic heterocycles. The van der Waals surface area contributed by atoms with Crippen LogP contribution in [0, 0.1) is 10.1 Å². The highest BCUT2D eigenvalue weighted by molar-refractivity contribution is 6.29. The van der Waals surface area contributed by atoms with Crippen molar-refractivity contribution in [3.8, 4) is 5.75 Å². The number of hydrogen-bond donors (Lipinski definition) is 0. The zero-order chi connectivity index (χ0) is 15.0. The summed E-state index contributed by atoms with van der Waals surface area (Å²) in [4.78, 5) is 20.6. The van der Waals surface area contributed by atoms with Gasteiger partial charge in [0.15, 0.2) is 0 Å². The number of carbonyl (C=O) groups excluding carboxylic acids is 1. The van der Waals surface area contributed by atoms with Gasteiger partial charge in [0.2, 0.25) is 0 Å². The van der Waals surface area contributed by atoms with E-state index in [2.05, 4.69) is 4.74 Å². The number of nitro groups is 1. The molecule has 108 valence electrons. The fraction of sp³-hybridized carbons (Fsp3) is 0.308. The van der Waals surface area contributed by atoms with E-state index in [0.717, 1.165) is 0 Å². The van der Waals surface area contributed by atoms with Crippen LogP contribution in [0.1, 0.15) is 18.4 Å². The smallest absolute Gasteiger partial charge is 0.337 e. The van der Waals surface area contributed by atoms with E-state index in [1.54, 1.807) is 24.3 Å². The molecule has 0 heterocycles. The second kappa shape index (κ2) is 8.16. The SMILES string of the molecule is COC(=O)CCCOc1ccc(/C=C(\Cl)[N+](=O)[O-])cc1. The minimum Gasteiger partial charge on any atom is -0.494 e. The van der Waals surface area contributed by atoms with Gasteiger partial charge >= 0.3 is 11.1 Å². The molecule has 0 fully saturated rings. The zero-order valence-electron chi connectivity index (χ0n) is 10.9. The van der Waals surface area contributed by atoms with E-state index in [4.69, 9.17) is 16.3 Å². The van der Waals surface area contributed by atoms with Gasteiger partial charge in [-0.3, -0.25) is 14.9 Å². The Labute approximate surface area is 121 Å². The largest absolute Gasteiger partial charge is 0.494 e. The summed E-state index contributed by atoms with van der Waals surface area (Å²) in [6.45, 7) is 0.389. The summed E-state index contributed by atoms with van der Waals surface area (Å²) in [6, 6.07) is 6.66. The molecule has 0 aliphatic carbocycles. The Hall–Kier alpha value is -2.08. The third-order valence-corrected chi connectivity index (χ3v) is 2.61. The number of methoxy groups -OCH3 is 1. The summed E-state index contributed by atoms with van der Waals surface area (Å²) >= 11 is 5.42. The van der Waals surface area contributed by atoms with Crippen molar-refractivity contribution in [3.05, 3.63) is 45.1 Å². The van der Waals surface area contributed by atoms with Crippen molar-refractivity contribution in [1.82, 2.24) is 0 Å². The van der Waals surface area contributed by atoms with Crippen LogP contribution < -0.4 is 4.74 Å². The third-order valence-electron chi connectivity index (χ3n) is 2.36. The molecule has 0 saturated carbocycles. The number of nitrogens with zero attached hydrogens (tertiary/aromatic N) is 1. The maximum absolute atomic E-state index is 10.9. The topological polar surface area (TPSA) is 78.7 Å². The number of ether oxygens (including phenoxy) is 2. The summed E-state index contributed by atoms with van der Waals surface area (Å²) in [5, 5.41) is 9.92. The summed E-state index contributed by atoms with van der Waals surface area (Å²) < 4.78 is 9.92. The molecule has 0 unspecified atom stereocenters. The van der Waals surface area contributed by atoms with Crippen LogP contribution in [0.5, 0.6) is 5.75 Å². The minimum absolute atomic E-state index is 0.275. The average molecular weight is 300 g/mol. The second-order valence-electron chi connectivity index (χ2n) is 3.82. The van der Waals surface area contributed by atoms with E-state index < -0.39 is 10.1 Å². The molecule has 7 heteroatoms. The molecule has 6 nitrogen and oxygen atoms in total. The first-order chi connectivity index (χ1) is 9.52. The van der Waals surface area contributed by atoms with Gasteiger partial charge in [0, 0.05) is 12.5 Å². The van der Waals surface area contributed by atoms with Crippen LogP contribution in [0.2, 0.25) is 0 Å². The van der Waals surface area contributed by atoms with E-state index in [-0.39, 0.29) is 5.97 Å². The molecule has 0 aliphatic rings. The molecule has 0 amide bonds. The molecule has 0 N–H and O–H groups in total. The highest BCUT2D eigenvalue weighted by Gasteiger charge is 2.05. The first kappa shape index (κ1) is 16.0. The van der Waals surface area contributed by atoms with Crippen molar-refractivity contribution in [3.63, 3.8) is 0 Å². The third kappa shape index (κ3) is 5.71. The highest BCUT2D eigenvalue weighted by Crippen LogP contribution is 2.16. The lowest BCUT2D eigenvalue weighted by Gasteiger charge is -2.05. The van der Waals surface area contributed by atoms with Gasteiger partial charge in [-0.15, -0.1) is 0 Å². The fourth-order valence-electron chi connectivity index (χ4n) is 1.36. The van der Waals surface area contributed by atoms with Gasteiger partial charge in [0.1, 0.15) is 5.75 Å². The number of benzene rings is 1. The molecule has 1 rings (SSSR count). The predicted octanol–water partition coefficient (Wildman–Crippen LogP) is 2.83. The van der Waals surface area contributed by atoms with Crippen molar-refractivity contribution in [2.75, 3.05) is 13.7 Å². The van der Waals surface area contributed by atoms with Crippen LogP contribution in [0.15, 0.2) is 29.4 Å². The summed E-state index contributed by atoms with van der Waals surface area (Å²) in [6.07, 6.45) is 2.11. The molecule has 0 atom stereocenters. The number of rotatable bonds is 7. The molecular formula is C13H14ClNO5. The van der Waals surface area contributed by atoms with Gasteiger partial charge in [-0.25, -0.2) is 0 Å². The van der Waals surface area contributed by atoms with Gasteiger partial charge in [-0.2, -0.15) is 0 Å². The molecule has 0 spiro atoms. The van der Waals surface area contributed by atoms with E-state index in [1.165, 1.54) is 13.2 Å². The molecule has 0 aromatic heterocycles. The maximum Gasteiger partial charge on any atom is 0.337 e. The quantitative estimate of drug-likeness (QED) is 0.254. The fourth-order valence-corrected chi connectivity index (χ4v) is 1.49. The van der Waals surface area contributed by atoms with Gasteiger partial charge < -0.3 is 9.47 Å². The lowest BCUT2D eigenvalue weighted by atomic mass is 10.2. The predicted molar refractivity (Wildman–Crippen MR) is 74.0 cm³/mol. The molecule has 20 heavy (non-hydrogen) atoms. The van der Waals surface area contributed by atoms with Crippen LogP contribution in [0.4, 0.5) is 0 Å². The Morgan fingerprint density at radius 3 is 2.60 bits per heavy atom. The molecule has 1 aromatic rings. The Morgan fingerprint density at radius 1 is 1.40 bits per heavy atom. The molecule has 0 saturated heterocycles. The lowest BCUT2D eigenvalue weighted by Crippen LogP contribution is -2.04. The highest BCUT2D eigenvalue weighted by atomic mass is 35.5. The van der Waals surface area contributed by atoms with Crippen molar-refractivity contribution < 1.29 is 19.2 Å². The van der Waals surface area contributed by atoms with Crippen molar-refractivity contribution >= 4 is 23.6 Å². The molecule has 1 aromatic carbocycles. The number of carbonyl (C=O) groups is 1. The van der Waals surface area contributed by atoms with Crippen LogP contribution in [0.25, 0.3) is 6.08 Å². The summed E-state index contributed by atoms with van der Waals surface area (Å²) in [5.74, 6) is 0.341. The van der Waals surface area contributed by atoms with E-state index in [1.807, 2.05) is 0 Å². The average Bonchev–Trinajstić information content (AvgIpc) is 2.44. The molecular weight excluding hydrogens is 286 g/mol. The van der Waals surface area contributed by atoms with Gasteiger partial charge in [-0.05, 0) is 35.7 Å². The van der Waals surface area contributed by atoms with Gasteiger partial charge in [-0.1, -0.05) is 12.1 Å². The van der Waals surface area contributed by atoms with Gasteiger partial charge in [0.25, 0.3) is 0 Å². The van der Waals surface area contributed by atoms with Crippen LogP contribution >= 0.6 is 11.6 Å². The number of hydrogen-bond acceptors (Lipinski definition) is 5. The van der Waals surface area contributed by atoms with E-state index in [9.17, 15) is 14.9 Å². The first-order valence-corrected chi connectivity index (χ1v) is 6.22. The Bertz CT molecular complexity index is 498. The summed E-state index contributed by atoms with van der Waals surface area (Å²) in [7, 11) is 1.34. The van der Waals surface area contributed by atoms with E-state index in [0.29, 0.717) is 30.8 Å². The van der Waals surface area contributed by atoms with Crippen LogP contribution in [0.3, 0.4) is 0 Å². The monoisotopic (exact) mass is 299 g/mol. The van der Waals surface area contributed by atoms with Crippen molar-refractivity contribution in [1.29, 1.82) is 0 Å². The standard InChI is InChI=1S/C13H14ClNO5/c1-19-13(16)3-2-8-20-11-6-4-10(5-7-11)9-12(14)15(17)18/h4-7,9H,2-3,8H2,1H3/b12-9+. The van der Waals surface area contributed by atoms with E-state index >= 15 is 0 Å². The Morgan fingerprint density at radius 2 is 2.05 bits per heavy atom. The summed E-state index contributed by atoms with van der Waals surface area (Å²) in [5.41, 5.74) is 0.605. The van der Waals surface area contributed by atoms with Crippen LogP contribution in [-0.4, -0.2) is 24.6 Å². The number of esters is 1. The van der Waals surface area contributed by atoms with Crippen LogP contribution in [-0.2, 0) is 9.53 Å². The first-order valence-electron chi connectivity index (χ1n) is 5.84. The number of halogens is 1. The van der Waals surface area contributed by atoms with Crippen molar-refractivity contribution in [2.45, 2.75) is 12.8 Å². The Balaban J connectivity index is 2.45.